The molecule has 0 aliphatic heterocycles. The van der Waals surface area contributed by atoms with E-state index < -0.39 is 10.8 Å². The minimum Gasteiger partial charge on any atom is -0.313 e. The molecule has 0 radical (unpaired) electrons. The van der Waals surface area contributed by atoms with E-state index in [0.717, 1.165) is 19.4 Å². The van der Waals surface area contributed by atoms with Gasteiger partial charge in [0.2, 0.25) is 0 Å². The van der Waals surface area contributed by atoms with Crippen molar-refractivity contribution in [1.29, 1.82) is 0 Å². The van der Waals surface area contributed by atoms with E-state index in [1.807, 2.05) is 0 Å². The minimum absolute atomic E-state index is 0.348. The van der Waals surface area contributed by atoms with E-state index in [1.165, 1.54) is 32.1 Å². The summed E-state index contributed by atoms with van der Waals surface area (Å²) < 4.78 is 12.6. The first-order valence-electron chi connectivity index (χ1n) is 7.33. The fraction of sp³-hybridized carbons (Fsp3) is 1.00. The van der Waals surface area contributed by atoms with E-state index in [0.29, 0.717) is 16.5 Å². The molecule has 1 aliphatic carbocycles. The largest absolute Gasteiger partial charge is 0.313 e. The fourth-order valence-electron chi connectivity index (χ4n) is 2.69. The Morgan fingerprint density at radius 2 is 1.82 bits per heavy atom. The predicted molar refractivity (Wildman–Crippen MR) is 76.9 cm³/mol. The maximum absolute atomic E-state index is 12.6. The van der Waals surface area contributed by atoms with Gasteiger partial charge in [-0.25, -0.2) is 0 Å². The molecule has 0 amide bonds. The van der Waals surface area contributed by atoms with Crippen molar-refractivity contribution in [3.63, 3.8) is 0 Å². The van der Waals surface area contributed by atoms with Crippen molar-refractivity contribution in [3.05, 3.63) is 0 Å². The molecule has 1 rings (SSSR count). The maximum Gasteiger partial charge on any atom is 0.0503 e. The van der Waals surface area contributed by atoms with Gasteiger partial charge in [-0.3, -0.25) is 4.21 Å². The zero-order chi connectivity index (χ0) is 12.7. The lowest BCUT2D eigenvalue weighted by Gasteiger charge is -2.31. The van der Waals surface area contributed by atoms with Gasteiger partial charge in [-0.1, -0.05) is 46.5 Å². The summed E-state index contributed by atoms with van der Waals surface area (Å²) in [4.78, 5) is 0. The fourth-order valence-corrected chi connectivity index (χ4v) is 4.57. The molecule has 0 saturated heterocycles. The normalized spacial score (nSPS) is 30.3. The molecule has 3 heteroatoms. The van der Waals surface area contributed by atoms with Gasteiger partial charge < -0.3 is 5.32 Å². The summed E-state index contributed by atoms with van der Waals surface area (Å²) in [7, 11) is -0.664. The number of rotatable bonds is 5. The van der Waals surface area contributed by atoms with Crippen molar-refractivity contribution < 1.29 is 4.21 Å². The van der Waals surface area contributed by atoms with E-state index >= 15 is 0 Å². The molecular weight excluding hydrogens is 230 g/mol. The van der Waals surface area contributed by atoms with Gasteiger partial charge >= 0.3 is 0 Å². The zero-order valence-electron chi connectivity index (χ0n) is 11.7. The molecule has 1 saturated carbocycles. The van der Waals surface area contributed by atoms with Crippen molar-refractivity contribution in [2.45, 2.75) is 82.3 Å². The van der Waals surface area contributed by atoms with Gasteiger partial charge in [-0.2, -0.15) is 0 Å². The van der Waals surface area contributed by atoms with Crippen molar-refractivity contribution in [3.8, 4) is 0 Å². The van der Waals surface area contributed by atoms with Crippen molar-refractivity contribution in [2.24, 2.45) is 0 Å². The van der Waals surface area contributed by atoms with Crippen LogP contribution >= 0.6 is 0 Å². The number of hydrogen-bond donors (Lipinski definition) is 1. The van der Waals surface area contributed by atoms with Crippen LogP contribution < -0.4 is 5.32 Å². The molecule has 0 aromatic carbocycles. The number of hydrogen-bond acceptors (Lipinski definition) is 2. The van der Waals surface area contributed by atoms with Gasteiger partial charge in [0, 0.05) is 22.1 Å². The molecule has 2 nitrogen and oxygen atoms in total. The van der Waals surface area contributed by atoms with Crippen LogP contribution in [-0.4, -0.2) is 27.3 Å². The molecule has 0 aromatic rings. The van der Waals surface area contributed by atoms with Gasteiger partial charge in [0.25, 0.3) is 0 Å². The van der Waals surface area contributed by atoms with Crippen LogP contribution in [0.5, 0.6) is 0 Å². The lowest BCUT2D eigenvalue weighted by atomic mass is 9.96. The Bertz CT molecular complexity index is 232. The van der Waals surface area contributed by atoms with Crippen LogP contribution in [0.4, 0.5) is 0 Å². The van der Waals surface area contributed by atoms with Gasteiger partial charge in [0.1, 0.15) is 0 Å². The molecule has 1 fully saturated rings. The van der Waals surface area contributed by atoms with Crippen molar-refractivity contribution in [1.82, 2.24) is 5.32 Å². The zero-order valence-corrected chi connectivity index (χ0v) is 12.5. The van der Waals surface area contributed by atoms with Crippen molar-refractivity contribution >= 4 is 10.8 Å². The van der Waals surface area contributed by atoms with Gasteiger partial charge in [0.05, 0.1) is 5.25 Å². The van der Waals surface area contributed by atoms with E-state index in [9.17, 15) is 4.21 Å². The highest BCUT2D eigenvalue weighted by atomic mass is 32.2. The summed E-state index contributed by atoms with van der Waals surface area (Å²) in [6, 6.07) is 0.482. The lowest BCUT2D eigenvalue weighted by molar-refractivity contribution is 0.399. The highest BCUT2D eigenvalue weighted by Crippen LogP contribution is 2.24. The SMILES string of the molecule is CCNC1CCCCCCC1S(=O)C(C)CC. The van der Waals surface area contributed by atoms with E-state index in [4.69, 9.17) is 0 Å². The number of nitrogens with one attached hydrogen (secondary N) is 1. The predicted octanol–water partition coefficient (Wildman–Crippen LogP) is 3.23. The summed E-state index contributed by atoms with van der Waals surface area (Å²) in [5, 5.41) is 4.30. The molecular formula is C14H29NOS. The van der Waals surface area contributed by atoms with Crippen LogP contribution in [0.25, 0.3) is 0 Å². The topological polar surface area (TPSA) is 29.1 Å². The summed E-state index contributed by atoms with van der Waals surface area (Å²) in [5.41, 5.74) is 0. The average molecular weight is 259 g/mol. The molecule has 4 unspecified atom stereocenters. The second-order valence-electron chi connectivity index (χ2n) is 5.24. The standard InChI is InChI=1S/C14H29NOS/c1-4-12(3)17(16)14-11-9-7-6-8-10-13(14)15-5-2/h12-15H,4-11H2,1-3H3. The Hall–Kier alpha value is 0.110. The molecule has 1 aliphatic rings. The first kappa shape index (κ1) is 15.2. The molecule has 17 heavy (non-hydrogen) atoms. The van der Waals surface area contributed by atoms with Crippen LogP contribution in [-0.2, 0) is 10.8 Å². The van der Waals surface area contributed by atoms with Gasteiger partial charge in [-0.05, 0) is 25.8 Å². The minimum atomic E-state index is -0.664. The highest BCUT2D eigenvalue weighted by Gasteiger charge is 2.29. The summed E-state index contributed by atoms with van der Waals surface area (Å²) in [6.45, 7) is 7.44. The summed E-state index contributed by atoms with van der Waals surface area (Å²) in [6.07, 6.45) is 8.62. The van der Waals surface area contributed by atoms with Gasteiger partial charge in [0.15, 0.2) is 0 Å². The Morgan fingerprint density at radius 1 is 1.18 bits per heavy atom. The maximum atomic E-state index is 12.6. The Kier molecular flexibility index (Phi) is 7.36. The lowest BCUT2D eigenvalue weighted by Crippen LogP contribution is -2.44. The first-order chi connectivity index (χ1) is 8.20. The molecule has 4 atom stereocenters. The van der Waals surface area contributed by atoms with Crippen molar-refractivity contribution in [2.75, 3.05) is 6.54 Å². The molecule has 0 heterocycles. The van der Waals surface area contributed by atoms with E-state index in [-0.39, 0.29) is 0 Å². The first-order valence-corrected chi connectivity index (χ1v) is 8.61. The van der Waals surface area contributed by atoms with Gasteiger partial charge in [-0.15, -0.1) is 0 Å². The van der Waals surface area contributed by atoms with Crippen LogP contribution in [0.15, 0.2) is 0 Å². The third kappa shape index (κ3) is 4.70. The second kappa shape index (κ2) is 8.25. The third-order valence-electron chi connectivity index (χ3n) is 3.94. The Morgan fingerprint density at radius 3 is 2.41 bits per heavy atom. The van der Waals surface area contributed by atoms with Crippen LogP contribution in [0.2, 0.25) is 0 Å². The highest BCUT2D eigenvalue weighted by molar-refractivity contribution is 7.86. The van der Waals surface area contributed by atoms with Crippen LogP contribution in [0.3, 0.4) is 0 Å². The Balaban J connectivity index is 2.68. The Labute approximate surface area is 109 Å². The second-order valence-corrected chi connectivity index (χ2v) is 7.31. The van der Waals surface area contributed by atoms with Crippen LogP contribution in [0, 0.1) is 0 Å². The smallest absolute Gasteiger partial charge is 0.0503 e. The molecule has 0 spiro atoms. The molecule has 0 aromatic heterocycles. The summed E-state index contributed by atoms with van der Waals surface area (Å²) in [5.74, 6) is 0. The molecule has 1 N–H and O–H groups in total. The van der Waals surface area contributed by atoms with Crippen LogP contribution in [0.1, 0.15) is 65.7 Å². The summed E-state index contributed by atoms with van der Waals surface area (Å²) >= 11 is 0. The quantitative estimate of drug-likeness (QED) is 0.821. The monoisotopic (exact) mass is 259 g/mol. The van der Waals surface area contributed by atoms with E-state index in [2.05, 4.69) is 26.1 Å². The molecule has 102 valence electrons. The third-order valence-corrected chi connectivity index (χ3v) is 6.23. The van der Waals surface area contributed by atoms with E-state index in [1.54, 1.807) is 0 Å². The molecule has 0 bridgehead atoms. The average Bonchev–Trinajstić information content (AvgIpc) is 2.31.